The Bertz CT molecular complexity index is 839. The van der Waals surface area contributed by atoms with Crippen LogP contribution in [0.15, 0.2) is 41.5 Å². The summed E-state index contributed by atoms with van der Waals surface area (Å²) in [6, 6.07) is 11.9. The molecule has 2 aromatic rings. The van der Waals surface area contributed by atoms with Crippen molar-refractivity contribution in [1.29, 1.82) is 0 Å². The van der Waals surface area contributed by atoms with Crippen molar-refractivity contribution < 1.29 is 9.47 Å². The number of thiocarbonyl (C=S) groups is 1. The van der Waals surface area contributed by atoms with Gasteiger partial charge in [0.1, 0.15) is 12.4 Å². The summed E-state index contributed by atoms with van der Waals surface area (Å²) in [4.78, 5) is 0. The molecule has 1 aliphatic heterocycles. The van der Waals surface area contributed by atoms with E-state index in [0.29, 0.717) is 17.4 Å². The standard InChI is InChI=1S/C20H21N3O2S/c1-2-11-25-19-10-9-15-6-3-4-8-17(15)18(19)14-22-23-20(26)21-13-16-7-5-12-24-16/h1,3-4,6,8-10,14,16H,5,7,11-13H2,(H2,21,23,26)/b22-14-/t16-/m1/s1. The van der Waals surface area contributed by atoms with Gasteiger partial charge in [-0.3, -0.25) is 5.43 Å². The number of hydrogen-bond donors (Lipinski definition) is 2. The van der Waals surface area contributed by atoms with Crippen LogP contribution < -0.4 is 15.5 Å². The van der Waals surface area contributed by atoms with Crippen LogP contribution in [0.5, 0.6) is 5.75 Å². The Morgan fingerprint density at radius 2 is 2.27 bits per heavy atom. The molecule has 1 aliphatic rings. The number of ether oxygens (including phenoxy) is 2. The van der Waals surface area contributed by atoms with Gasteiger partial charge in [0.05, 0.1) is 12.3 Å². The molecule has 1 saturated heterocycles. The molecule has 5 nitrogen and oxygen atoms in total. The van der Waals surface area contributed by atoms with E-state index in [4.69, 9.17) is 28.1 Å². The summed E-state index contributed by atoms with van der Waals surface area (Å²) in [5.74, 6) is 3.17. The van der Waals surface area contributed by atoms with E-state index in [1.165, 1.54) is 0 Å². The summed E-state index contributed by atoms with van der Waals surface area (Å²) >= 11 is 5.25. The first-order valence-corrected chi connectivity index (χ1v) is 8.95. The quantitative estimate of drug-likeness (QED) is 0.356. The molecule has 1 atom stereocenters. The van der Waals surface area contributed by atoms with Gasteiger partial charge < -0.3 is 14.8 Å². The SMILES string of the molecule is C#CCOc1ccc2ccccc2c1/C=N\NC(=S)NC[C@H]1CCCO1. The maximum absolute atomic E-state index is 5.65. The van der Waals surface area contributed by atoms with Crippen LogP contribution in [-0.4, -0.2) is 37.2 Å². The summed E-state index contributed by atoms with van der Waals surface area (Å²) in [6.07, 6.45) is 9.40. The fourth-order valence-corrected chi connectivity index (χ4v) is 3.00. The van der Waals surface area contributed by atoms with E-state index in [1.807, 2.05) is 36.4 Å². The minimum Gasteiger partial charge on any atom is -0.480 e. The smallest absolute Gasteiger partial charge is 0.187 e. The van der Waals surface area contributed by atoms with E-state index in [0.717, 1.165) is 35.8 Å². The van der Waals surface area contributed by atoms with E-state index in [-0.39, 0.29) is 12.7 Å². The third-order valence-electron chi connectivity index (χ3n) is 4.12. The second kappa shape index (κ2) is 9.18. The average Bonchev–Trinajstić information content (AvgIpc) is 3.19. The highest BCUT2D eigenvalue weighted by molar-refractivity contribution is 7.80. The Morgan fingerprint density at radius 1 is 1.38 bits per heavy atom. The number of rotatable bonds is 6. The van der Waals surface area contributed by atoms with Gasteiger partial charge in [0.2, 0.25) is 0 Å². The van der Waals surface area contributed by atoms with Gasteiger partial charge in [-0.1, -0.05) is 36.3 Å². The van der Waals surface area contributed by atoms with Gasteiger partial charge in [0, 0.05) is 18.7 Å². The lowest BCUT2D eigenvalue weighted by molar-refractivity contribution is 0.114. The largest absolute Gasteiger partial charge is 0.480 e. The Morgan fingerprint density at radius 3 is 3.08 bits per heavy atom. The Labute approximate surface area is 158 Å². The molecule has 0 aliphatic carbocycles. The summed E-state index contributed by atoms with van der Waals surface area (Å²) in [6.45, 7) is 1.71. The second-order valence-electron chi connectivity index (χ2n) is 5.91. The van der Waals surface area contributed by atoms with Gasteiger partial charge in [-0.2, -0.15) is 5.10 Å². The predicted molar refractivity (Wildman–Crippen MR) is 109 cm³/mol. The summed E-state index contributed by atoms with van der Waals surface area (Å²) < 4.78 is 11.2. The molecule has 1 heterocycles. The Hall–Kier alpha value is -2.62. The lowest BCUT2D eigenvalue weighted by Crippen LogP contribution is -2.37. The van der Waals surface area contributed by atoms with E-state index in [9.17, 15) is 0 Å². The molecule has 0 amide bonds. The van der Waals surface area contributed by atoms with Crippen molar-refractivity contribution in [3.63, 3.8) is 0 Å². The topological polar surface area (TPSA) is 54.9 Å². The number of nitrogens with zero attached hydrogens (tertiary/aromatic N) is 1. The maximum Gasteiger partial charge on any atom is 0.187 e. The lowest BCUT2D eigenvalue weighted by atomic mass is 10.0. The molecule has 1 fully saturated rings. The molecular formula is C20H21N3O2S. The highest BCUT2D eigenvalue weighted by atomic mass is 32.1. The zero-order valence-electron chi connectivity index (χ0n) is 14.4. The van der Waals surface area contributed by atoms with Crippen LogP contribution in [-0.2, 0) is 4.74 Å². The van der Waals surface area contributed by atoms with Gasteiger partial charge in [-0.15, -0.1) is 6.42 Å². The number of hydrogen-bond acceptors (Lipinski definition) is 4. The number of fused-ring (bicyclic) bond motifs is 1. The van der Waals surface area contributed by atoms with E-state index in [2.05, 4.69) is 21.8 Å². The molecule has 0 aromatic heterocycles. The third kappa shape index (κ3) is 4.72. The number of nitrogens with one attached hydrogen (secondary N) is 2. The molecule has 2 aromatic carbocycles. The lowest BCUT2D eigenvalue weighted by Gasteiger charge is -2.12. The highest BCUT2D eigenvalue weighted by Crippen LogP contribution is 2.26. The van der Waals surface area contributed by atoms with Gasteiger partial charge in [0.15, 0.2) is 5.11 Å². The maximum atomic E-state index is 5.65. The van der Waals surface area contributed by atoms with Gasteiger partial charge in [-0.25, -0.2) is 0 Å². The van der Waals surface area contributed by atoms with Crippen LogP contribution in [0.2, 0.25) is 0 Å². The molecule has 0 bridgehead atoms. The molecule has 3 rings (SSSR count). The number of hydrazone groups is 1. The minimum atomic E-state index is 0.202. The molecule has 0 radical (unpaired) electrons. The molecule has 26 heavy (non-hydrogen) atoms. The Kier molecular flexibility index (Phi) is 6.42. The van der Waals surface area contributed by atoms with E-state index in [1.54, 1.807) is 6.21 Å². The van der Waals surface area contributed by atoms with Crippen molar-refractivity contribution in [3.8, 4) is 18.1 Å². The van der Waals surface area contributed by atoms with Crippen LogP contribution in [0.4, 0.5) is 0 Å². The van der Waals surface area contributed by atoms with Crippen molar-refractivity contribution in [2.24, 2.45) is 5.10 Å². The van der Waals surface area contributed by atoms with Crippen molar-refractivity contribution in [2.45, 2.75) is 18.9 Å². The zero-order chi connectivity index (χ0) is 18.2. The first kappa shape index (κ1) is 18.2. The predicted octanol–water partition coefficient (Wildman–Crippen LogP) is 2.83. The van der Waals surface area contributed by atoms with E-state index < -0.39 is 0 Å². The number of benzene rings is 2. The van der Waals surface area contributed by atoms with Crippen LogP contribution in [0.3, 0.4) is 0 Å². The van der Waals surface area contributed by atoms with Gasteiger partial charge >= 0.3 is 0 Å². The normalized spacial score (nSPS) is 16.5. The van der Waals surface area contributed by atoms with Crippen LogP contribution in [0.25, 0.3) is 10.8 Å². The molecule has 134 valence electrons. The van der Waals surface area contributed by atoms with Crippen LogP contribution in [0.1, 0.15) is 18.4 Å². The zero-order valence-corrected chi connectivity index (χ0v) is 15.2. The van der Waals surface area contributed by atoms with Crippen LogP contribution in [0, 0.1) is 12.3 Å². The first-order valence-electron chi connectivity index (χ1n) is 8.54. The molecule has 2 N–H and O–H groups in total. The molecule has 0 saturated carbocycles. The van der Waals surface area contributed by atoms with Crippen molar-refractivity contribution in [1.82, 2.24) is 10.7 Å². The van der Waals surface area contributed by atoms with E-state index >= 15 is 0 Å². The second-order valence-corrected chi connectivity index (χ2v) is 6.31. The fraction of sp³-hybridized carbons (Fsp3) is 0.300. The molecule has 0 spiro atoms. The average molecular weight is 367 g/mol. The van der Waals surface area contributed by atoms with Crippen molar-refractivity contribution >= 4 is 34.3 Å². The first-order chi connectivity index (χ1) is 12.8. The highest BCUT2D eigenvalue weighted by Gasteiger charge is 2.15. The third-order valence-corrected chi connectivity index (χ3v) is 4.35. The minimum absolute atomic E-state index is 0.202. The van der Waals surface area contributed by atoms with Gasteiger partial charge in [-0.05, 0) is 41.9 Å². The molecular weight excluding hydrogens is 346 g/mol. The van der Waals surface area contributed by atoms with Crippen LogP contribution >= 0.6 is 12.2 Å². The number of terminal acetylenes is 1. The van der Waals surface area contributed by atoms with Crippen molar-refractivity contribution in [3.05, 3.63) is 42.0 Å². The Balaban J connectivity index is 1.68. The molecule has 0 unspecified atom stereocenters. The summed E-state index contributed by atoms with van der Waals surface area (Å²) in [7, 11) is 0. The monoisotopic (exact) mass is 367 g/mol. The van der Waals surface area contributed by atoms with Crippen molar-refractivity contribution in [2.75, 3.05) is 19.8 Å². The summed E-state index contributed by atoms with van der Waals surface area (Å²) in [5, 5.41) is 9.97. The summed E-state index contributed by atoms with van der Waals surface area (Å²) in [5.41, 5.74) is 3.70. The molecule has 6 heteroatoms. The fourth-order valence-electron chi connectivity index (χ4n) is 2.86. The van der Waals surface area contributed by atoms with Gasteiger partial charge in [0.25, 0.3) is 0 Å².